The molecule has 1 aromatic carbocycles. The first kappa shape index (κ1) is 30.4. The minimum Gasteiger partial charge on any atom is -0.442 e. The van der Waals surface area contributed by atoms with Crippen LogP contribution in [0.25, 0.3) is 0 Å². The van der Waals surface area contributed by atoms with Crippen molar-refractivity contribution in [3.63, 3.8) is 0 Å². The van der Waals surface area contributed by atoms with Gasteiger partial charge in [-0.2, -0.15) is 0 Å². The Hall–Kier alpha value is -1.14. The highest BCUT2D eigenvalue weighted by Crippen LogP contribution is 2.36. The van der Waals surface area contributed by atoms with Crippen molar-refractivity contribution < 1.29 is 23.5 Å². The average Bonchev–Trinajstić information content (AvgIpc) is 3.15. The molecule has 206 valence electrons. The normalized spacial score (nSPS) is 22.0. The van der Waals surface area contributed by atoms with Crippen LogP contribution in [0.3, 0.4) is 0 Å². The van der Waals surface area contributed by atoms with Gasteiger partial charge in [-0.15, -0.1) is 0 Å². The van der Waals surface area contributed by atoms with E-state index < -0.39 is 37.7 Å². The highest BCUT2D eigenvalue weighted by molar-refractivity contribution is 6.76. The summed E-state index contributed by atoms with van der Waals surface area (Å²) in [6.45, 7) is 4.45. The number of nitrogens with one attached hydrogen (secondary N) is 2. The van der Waals surface area contributed by atoms with Gasteiger partial charge in [-0.25, -0.2) is 9.18 Å². The van der Waals surface area contributed by atoms with E-state index in [9.17, 15) is 14.4 Å². The van der Waals surface area contributed by atoms with E-state index in [-0.39, 0.29) is 31.6 Å². The number of carbonyl (C=O) groups is 3. The Bertz CT molecular complexity index is 1040. The van der Waals surface area contributed by atoms with Gasteiger partial charge in [-0.1, -0.05) is 69.6 Å². The summed E-state index contributed by atoms with van der Waals surface area (Å²) in [6, 6.07) is 4.12. The first-order valence-electron chi connectivity index (χ1n) is 11.0. The zero-order valence-electron chi connectivity index (χ0n) is 19.6. The maximum atomic E-state index is 15.2. The van der Waals surface area contributed by atoms with Crippen LogP contribution >= 0.6 is 69.6 Å². The van der Waals surface area contributed by atoms with Crippen LogP contribution in [0.15, 0.2) is 18.2 Å². The van der Waals surface area contributed by atoms with Crippen LogP contribution < -0.4 is 20.4 Å². The average molecular weight is 642 g/mol. The number of hydrogen-bond acceptors (Lipinski definition) is 6. The van der Waals surface area contributed by atoms with Gasteiger partial charge < -0.3 is 20.3 Å². The molecule has 1 aromatic rings. The smallest absolute Gasteiger partial charge is 0.414 e. The van der Waals surface area contributed by atoms with Gasteiger partial charge in [0.05, 0.1) is 24.5 Å². The molecule has 2 fully saturated rings. The molecule has 0 bridgehead atoms. The Morgan fingerprint density at radius 3 is 2.38 bits per heavy atom. The third kappa shape index (κ3) is 7.71. The van der Waals surface area contributed by atoms with Gasteiger partial charge in [0, 0.05) is 32.6 Å². The molecular formula is C21H24Cl6FN5O4. The number of alkyl halides is 6. The summed E-state index contributed by atoms with van der Waals surface area (Å²) >= 11 is 35.3. The Morgan fingerprint density at radius 1 is 1.16 bits per heavy atom. The highest BCUT2D eigenvalue weighted by atomic mass is 35.6. The summed E-state index contributed by atoms with van der Waals surface area (Å²) in [7, 11) is 0. The van der Waals surface area contributed by atoms with Crippen LogP contribution in [0.1, 0.15) is 13.8 Å². The highest BCUT2D eigenvalue weighted by Gasteiger charge is 2.45. The Morgan fingerprint density at radius 2 is 1.84 bits per heavy atom. The monoisotopic (exact) mass is 639 g/mol. The molecule has 0 radical (unpaired) electrons. The fourth-order valence-corrected chi connectivity index (χ4v) is 4.85. The Labute approximate surface area is 243 Å². The lowest BCUT2D eigenvalue weighted by molar-refractivity contribution is -0.122. The predicted octanol–water partition coefficient (Wildman–Crippen LogP) is 3.98. The zero-order chi connectivity index (χ0) is 27.7. The van der Waals surface area contributed by atoms with Gasteiger partial charge in [0.25, 0.3) is 9.70 Å². The van der Waals surface area contributed by atoms with E-state index in [1.165, 1.54) is 17.9 Å². The number of hydrogen-bond donors (Lipinski definition) is 2. The van der Waals surface area contributed by atoms with E-state index in [4.69, 9.17) is 74.3 Å². The van der Waals surface area contributed by atoms with E-state index in [1.807, 2.05) is 6.92 Å². The van der Waals surface area contributed by atoms with E-state index in [0.717, 1.165) is 0 Å². The van der Waals surface area contributed by atoms with Crippen LogP contribution in [-0.4, -0.2) is 81.4 Å². The van der Waals surface area contributed by atoms with Crippen molar-refractivity contribution in [1.82, 2.24) is 15.5 Å². The number of nitrogens with zero attached hydrogens (tertiary/aromatic N) is 3. The lowest BCUT2D eigenvalue weighted by atomic mass is 10.1. The number of halogens is 7. The second-order valence-electron chi connectivity index (χ2n) is 8.64. The number of piperazine rings is 1. The van der Waals surface area contributed by atoms with Crippen LogP contribution in [0.2, 0.25) is 0 Å². The first-order chi connectivity index (χ1) is 17.1. The molecular weight excluding hydrogens is 618 g/mol. The van der Waals surface area contributed by atoms with Crippen LogP contribution in [-0.2, 0) is 14.3 Å². The molecule has 37 heavy (non-hydrogen) atoms. The molecule has 3 atom stereocenters. The summed E-state index contributed by atoms with van der Waals surface area (Å²) in [5, 5.41) is 5.05. The largest absolute Gasteiger partial charge is 0.442 e. The molecule has 2 N–H and O–H groups in total. The number of anilines is 2. The van der Waals surface area contributed by atoms with Crippen molar-refractivity contribution in [2.45, 2.75) is 39.7 Å². The van der Waals surface area contributed by atoms with Gasteiger partial charge in [-0.3, -0.25) is 19.4 Å². The molecule has 2 unspecified atom stereocenters. The molecule has 2 heterocycles. The molecule has 3 amide bonds. The summed E-state index contributed by atoms with van der Waals surface area (Å²) in [6.07, 6.45) is -2.28. The fourth-order valence-electron chi connectivity index (χ4n) is 4.15. The molecule has 2 saturated heterocycles. The topological polar surface area (TPSA) is 94.2 Å². The number of cyclic esters (lactones) is 1. The summed E-state index contributed by atoms with van der Waals surface area (Å²) < 4.78 is 16.2. The number of carbonyl (C=O) groups excluding carboxylic acids is 3. The van der Waals surface area contributed by atoms with Crippen molar-refractivity contribution >= 4 is 98.9 Å². The van der Waals surface area contributed by atoms with Crippen LogP contribution in [0.5, 0.6) is 0 Å². The van der Waals surface area contributed by atoms with Crippen molar-refractivity contribution in [3.8, 4) is 0 Å². The predicted molar refractivity (Wildman–Crippen MR) is 144 cm³/mol. The summed E-state index contributed by atoms with van der Waals surface area (Å²) in [5.41, 5.74) is 0.641. The molecule has 2 aliphatic rings. The van der Waals surface area contributed by atoms with Gasteiger partial charge in [0.2, 0.25) is 9.70 Å². The van der Waals surface area contributed by atoms with Gasteiger partial charge in [0.1, 0.15) is 18.1 Å². The van der Waals surface area contributed by atoms with Crippen molar-refractivity contribution in [2.24, 2.45) is 0 Å². The lowest BCUT2D eigenvalue weighted by Gasteiger charge is -2.46. The van der Waals surface area contributed by atoms with Crippen molar-refractivity contribution in [1.29, 1.82) is 0 Å². The van der Waals surface area contributed by atoms with E-state index >= 15 is 4.39 Å². The maximum absolute atomic E-state index is 15.2. The molecule has 0 saturated carbocycles. The number of amides is 3. The zero-order valence-corrected chi connectivity index (χ0v) is 24.2. The van der Waals surface area contributed by atoms with E-state index in [1.54, 1.807) is 21.9 Å². The first-order valence-corrected chi connectivity index (χ1v) is 13.3. The molecule has 9 nitrogen and oxygen atoms in total. The van der Waals surface area contributed by atoms with E-state index in [2.05, 4.69) is 10.6 Å². The van der Waals surface area contributed by atoms with Crippen molar-refractivity contribution in [2.75, 3.05) is 42.5 Å². The van der Waals surface area contributed by atoms with Crippen LogP contribution in [0, 0.1) is 5.82 Å². The number of benzene rings is 1. The standard InChI is InChI=1S/C21H24Cl6FN5O4/c1-11-9-31(5-6-32(11)17(20(22,23)24)30-18(35)21(25,26)27)16-4-3-13(7-15(16)28)33-10-14(37-19(33)36)8-29-12(2)34/h3-4,7,11,14,17H,5-6,8-10H2,1-2H3,(H,29,34)(H,30,35)/t11?,14-,17?/m0/s1. The summed E-state index contributed by atoms with van der Waals surface area (Å²) in [5.74, 6) is -1.74. The Kier molecular flexibility index (Phi) is 9.81. The fraction of sp³-hybridized carbons (Fsp3) is 0.571. The van der Waals surface area contributed by atoms with Crippen LogP contribution in [0.4, 0.5) is 20.6 Å². The third-order valence-electron chi connectivity index (χ3n) is 5.88. The SMILES string of the molecule is CC(=O)NC[C@H]1CN(c2ccc(N3CCN(C(NC(=O)C(Cl)(Cl)Cl)C(Cl)(Cl)Cl)C(C)C3)c(F)c2)C(=O)O1. The molecule has 3 rings (SSSR count). The summed E-state index contributed by atoms with van der Waals surface area (Å²) in [4.78, 5) is 40.4. The minimum absolute atomic E-state index is 0.164. The number of ether oxygens (including phenoxy) is 1. The molecule has 0 spiro atoms. The quantitative estimate of drug-likeness (QED) is 0.457. The minimum atomic E-state index is -2.25. The third-order valence-corrected chi connectivity index (χ3v) is 7.02. The second-order valence-corrected chi connectivity index (χ2v) is 13.3. The maximum Gasteiger partial charge on any atom is 0.414 e. The molecule has 0 aromatic heterocycles. The molecule has 0 aliphatic carbocycles. The lowest BCUT2D eigenvalue weighted by Crippen LogP contribution is -2.64. The van der Waals surface area contributed by atoms with Gasteiger partial charge >= 0.3 is 6.09 Å². The molecule has 16 heteroatoms. The molecule has 2 aliphatic heterocycles. The van der Waals surface area contributed by atoms with Gasteiger partial charge in [-0.05, 0) is 25.1 Å². The second kappa shape index (κ2) is 11.9. The number of rotatable bonds is 6. The van der Waals surface area contributed by atoms with Gasteiger partial charge in [0.15, 0.2) is 0 Å². The Balaban J connectivity index is 1.69. The van der Waals surface area contributed by atoms with E-state index in [0.29, 0.717) is 24.5 Å². The van der Waals surface area contributed by atoms with Crippen molar-refractivity contribution in [3.05, 3.63) is 24.0 Å².